The number of hydrogen-bond donors (Lipinski definition) is 0. The molecule has 0 aliphatic carbocycles. The summed E-state index contributed by atoms with van der Waals surface area (Å²) in [6.45, 7) is 3.06. The van der Waals surface area contributed by atoms with Crippen molar-refractivity contribution >= 4 is 12.0 Å². The second-order valence-corrected chi connectivity index (χ2v) is 1.90. The molecule has 0 saturated heterocycles. The Bertz CT molecular complexity index is 161. The van der Waals surface area contributed by atoms with Gasteiger partial charge >= 0.3 is 0 Å². The lowest BCUT2D eigenvalue weighted by molar-refractivity contribution is -0.118. The van der Waals surface area contributed by atoms with Gasteiger partial charge in [-0.15, -0.1) is 4.99 Å². The molecule has 0 N–H and O–H groups in total. The van der Waals surface area contributed by atoms with E-state index >= 15 is 0 Å². The Balaban J connectivity index is 3.24. The molecule has 1 amide bonds. The Morgan fingerprint density at radius 2 is 2.36 bits per heavy atom. The van der Waals surface area contributed by atoms with Crippen LogP contribution < -0.4 is 0 Å². The highest BCUT2D eigenvalue weighted by atomic mass is 16.5. The highest BCUT2D eigenvalue weighted by Crippen LogP contribution is 1.91. The van der Waals surface area contributed by atoms with Crippen LogP contribution in [0.25, 0.3) is 0 Å². The Kier molecular flexibility index (Phi) is 6.48. The lowest BCUT2D eigenvalue weighted by Gasteiger charge is -1.96. The molecule has 0 bridgehead atoms. The molecule has 62 valence electrons. The van der Waals surface area contributed by atoms with Crippen molar-refractivity contribution in [1.29, 1.82) is 0 Å². The van der Waals surface area contributed by atoms with Gasteiger partial charge in [0.05, 0.1) is 0 Å². The molecule has 0 saturated carbocycles. The zero-order valence-electron chi connectivity index (χ0n) is 6.50. The summed E-state index contributed by atoms with van der Waals surface area (Å²) in [5.41, 5.74) is 0. The van der Waals surface area contributed by atoms with Crippen molar-refractivity contribution in [2.24, 2.45) is 4.99 Å². The second kappa shape index (κ2) is 7.12. The van der Waals surface area contributed by atoms with Crippen molar-refractivity contribution < 1.29 is 14.3 Å². The van der Waals surface area contributed by atoms with Gasteiger partial charge in [-0.25, -0.2) is 4.79 Å². The number of amides is 1. The number of rotatable bonds is 5. The van der Waals surface area contributed by atoms with E-state index in [1.807, 2.05) is 6.92 Å². The van der Waals surface area contributed by atoms with Crippen molar-refractivity contribution in [2.75, 3.05) is 13.2 Å². The number of nitrogens with zero attached hydrogens (tertiary/aromatic N) is 1. The van der Waals surface area contributed by atoms with E-state index in [9.17, 15) is 9.59 Å². The Hall–Kier alpha value is -0.990. The van der Waals surface area contributed by atoms with Crippen LogP contribution in [0.5, 0.6) is 0 Å². The normalized spacial score (nSPS) is 8.82. The Labute approximate surface area is 65.3 Å². The lowest BCUT2D eigenvalue weighted by atomic mass is 10.3. The largest absolute Gasteiger partial charge is 0.382 e. The van der Waals surface area contributed by atoms with Crippen LogP contribution >= 0.6 is 0 Å². The average molecular weight is 157 g/mol. The maximum Gasteiger partial charge on any atom is 0.256 e. The topological polar surface area (TPSA) is 55.7 Å². The van der Waals surface area contributed by atoms with Crippen LogP contribution in [0.4, 0.5) is 0 Å². The number of carbonyl (C=O) groups is 1. The van der Waals surface area contributed by atoms with E-state index in [4.69, 9.17) is 4.74 Å². The molecule has 0 aromatic rings. The maximum atomic E-state index is 10.5. The first-order valence-corrected chi connectivity index (χ1v) is 3.49. The summed E-state index contributed by atoms with van der Waals surface area (Å²) in [7, 11) is 0. The minimum Gasteiger partial charge on any atom is -0.382 e. The Morgan fingerprint density at radius 3 is 2.91 bits per heavy atom. The predicted octanol–water partition coefficient (Wildman–Crippen LogP) is 0.666. The SMILES string of the molecule is CCOCCCC(=O)N=C=O. The average Bonchev–Trinajstić information content (AvgIpc) is 1.99. The third kappa shape index (κ3) is 6.90. The van der Waals surface area contributed by atoms with Crippen molar-refractivity contribution in [3.63, 3.8) is 0 Å². The molecule has 0 radical (unpaired) electrons. The van der Waals surface area contributed by atoms with E-state index in [0.717, 1.165) is 0 Å². The van der Waals surface area contributed by atoms with Gasteiger partial charge in [0.25, 0.3) is 5.91 Å². The summed E-state index contributed by atoms with van der Waals surface area (Å²) in [6, 6.07) is 0. The first-order valence-electron chi connectivity index (χ1n) is 3.49. The summed E-state index contributed by atoms with van der Waals surface area (Å²) in [5, 5.41) is 0. The van der Waals surface area contributed by atoms with Crippen LogP contribution in [0.15, 0.2) is 4.99 Å². The quantitative estimate of drug-likeness (QED) is 0.334. The molecule has 0 aromatic carbocycles. The number of ether oxygens (including phenoxy) is 1. The molecule has 0 atom stereocenters. The fraction of sp³-hybridized carbons (Fsp3) is 0.714. The van der Waals surface area contributed by atoms with Crippen molar-refractivity contribution in [2.45, 2.75) is 19.8 Å². The van der Waals surface area contributed by atoms with Crippen LogP contribution in [-0.2, 0) is 14.3 Å². The minimum atomic E-state index is -0.431. The highest BCUT2D eigenvalue weighted by Gasteiger charge is 1.96. The van der Waals surface area contributed by atoms with Gasteiger partial charge in [0.1, 0.15) is 0 Å². The molecule has 0 spiro atoms. The molecule has 0 unspecified atom stereocenters. The predicted molar refractivity (Wildman–Crippen MR) is 38.9 cm³/mol. The van der Waals surface area contributed by atoms with Crippen molar-refractivity contribution in [3.8, 4) is 0 Å². The summed E-state index contributed by atoms with van der Waals surface area (Å²) in [4.78, 5) is 23.0. The van der Waals surface area contributed by atoms with Gasteiger partial charge in [-0.2, -0.15) is 0 Å². The summed E-state index contributed by atoms with van der Waals surface area (Å²) >= 11 is 0. The molecule has 0 rings (SSSR count). The van der Waals surface area contributed by atoms with E-state index in [1.165, 1.54) is 6.08 Å². The van der Waals surface area contributed by atoms with E-state index in [-0.39, 0.29) is 6.42 Å². The van der Waals surface area contributed by atoms with Gasteiger partial charge in [-0.05, 0) is 13.3 Å². The van der Waals surface area contributed by atoms with Crippen LogP contribution in [0, 0.1) is 0 Å². The zero-order chi connectivity index (χ0) is 8.53. The minimum absolute atomic E-state index is 0.259. The molecule has 0 heterocycles. The monoisotopic (exact) mass is 157 g/mol. The molecule has 0 aliphatic heterocycles. The summed E-state index contributed by atoms with van der Waals surface area (Å²) < 4.78 is 4.97. The van der Waals surface area contributed by atoms with Gasteiger partial charge in [0.15, 0.2) is 0 Å². The van der Waals surface area contributed by atoms with Crippen LogP contribution in [0.1, 0.15) is 19.8 Å². The fourth-order valence-electron chi connectivity index (χ4n) is 0.577. The van der Waals surface area contributed by atoms with Gasteiger partial charge in [0, 0.05) is 19.6 Å². The number of carbonyl (C=O) groups excluding carboxylic acids is 2. The first kappa shape index (κ1) is 10.0. The number of isocyanates is 1. The molecule has 0 aliphatic rings. The van der Waals surface area contributed by atoms with Gasteiger partial charge < -0.3 is 4.74 Å². The Morgan fingerprint density at radius 1 is 1.64 bits per heavy atom. The van der Waals surface area contributed by atoms with Gasteiger partial charge in [-0.3, -0.25) is 4.79 Å². The third-order valence-electron chi connectivity index (χ3n) is 1.05. The molecule has 11 heavy (non-hydrogen) atoms. The van der Waals surface area contributed by atoms with E-state index < -0.39 is 5.91 Å². The number of aliphatic imine (C=N–C) groups is 1. The molecular formula is C7H11NO3. The smallest absolute Gasteiger partial charge is 0.256 e. The molecular weight excluding hydrogens is 146 g/mol. The van der Waals surface area contributed by atoms with E-state index in [2.05, 4.69) is 4.99 Å². The molecule has 4 nitrogen and oxygen atoms in total. The number of hydrogen-bond acceptors (Lipinski definition) is 3. The van der Waals surface area contributed by atoms with Crippen LogP contribution in [0.2, 0.25) is 0 Å². The summed E-state index contributed by atoms with van der Waals surface area (Å²) in [6.07, 6.45) is 2.06. The highest BCUT2D eigenvalue weighted by molar-refractivity contribution is 5.81. The van der Waals surface area contributed by atoms with Crippen LogP contribution in [-0.4, -0.2) is 25.2 Å². The fourth-order valence-corrected chi connectivity index (χ4v) is 0.577. The van der Waals surface area contributed by atoms with Gasteiger partial charge in [-0.1, -0.05) is 0 Å². The van der Waals surface area contributed by atoms with Crippen molar-refractivity contribution in [3.05, 3.63) is 0 Å². The van der Waals surface area contributed by atoms with Crippen LogP contribution in [0.3, 0.4) is 0 Å². The molecule has 4 heteroatoms. The first-order chi connectivity index (χ1) is 5.31. The maximum absolute atomic E-state index is 10.5. The van der Waals surface area contributed by atoms with Crippen molar-refractivity contribution in [1.82, 2.24) is 0 Å². The summed E-state index contributed by atoms with van der Waals surface area (Å²) in [5.74, 6) is -0.431. The van der Waals surface area contributed by atoms with E-state index in [0.29, 0.717) is 19.6 Å². The second-order valence-electron chi connectivity index (χ2n) is 1.90. The van der Waals surface area contributed by atoms with E-state index in [1.54, 1.807) is 0 Å². The molecule has 0 fully saturated rings. The third-order valence-corrected chi connectivity index (χ3v) is 1.05. The lowest BCUT2D eigenvalue weighted by Crippen LogP contribution is -1.98. The standard InChI is InChI=1S/C7H11NO3/c1-2-11-5-3-4-7(10)8-6-9/h2-5H2,1H3. The molecule has 0 aromatic heterocycles. The zero-order valence-corrected chi connectivity index (χ0v) is 6.50. The van der Waals surface area contributed by atoms with Gasteiger partial charge in [0.2, 0.25) is 6.08 Å².